The van der Waals surface area contributed by atoms with E-state index in [2.05, 4.69) is 23.3 Å². The normalized spacial score (nSPS) is 16.9. The Hall–Kier alpha value is -2.11. The summed E-state index contributed by atoms with van der Waals surface area (Å²) in [5, 5.41) is 4.29. The number of benzene rings is 1. The highest BCUT2D eigenvalue weighted by molar-refractivity contribution is 7.17. The van der Waals surface area contributed by atoms with E-state index in [1.54, 1.807) is 16.8 Å². The number of fused-ring (bicyclic) bond motifs is 1. The predicted molar refractivity (Wildman–Crippen MR) is 95.6 cm³/mol. The van der Waals surface area contributed by atoms with E-state index in [4.69, 9.17) is 11.6 Å². The van der Waals surface area contributed by atoms with Gasteiger partial charge in [0.2, 0.25) is 0 Å². The number of hydrogen-bond donors (Lipinski definition) is 0. The van der Waals surface area contributed by atoms with E-state index in [0.717, 1.165) is 5.56 Å². The second-order valence-electron chi connectivity index (χ2n) is 5.99. The summed E-state index contributed by atoms with van der Waals surface area (Å²) >= 11 is 7.32. The van der Waals surface area contributed by atoms with Gasteiger partial charge in [-0.2, -0.15) is 5.10 Å². The van der Waals surface area contributed by atoms with Crippen LogP contribution in [0.4, 0.5) is 0 Å². The molecule has 0 unspecified atom stereocenters. The molecular weight excluding hydrogens is 342 g/mol. The number of halogens is 1. The topological polar surface area (TPSA) is 38.1 Å². The average Bonchev–Trinajstić information content (AvgIpc) is 3.21. The summed E-state index contributed by atoms with van der Waals surface area (Å²) in [6.45, 7) is 1.28. The van der Waals surface area contributed by atoms with Gasteiger partial charge >= 0.3 is 0 Å². The van der Waals surface area contributed by atoms with E-state index >= 15 is 0 Å². The maximum absolute atomic E-state index is 12.9. The molecule has 3 aromatic rings. The number of aromatic nitrogens is 2. The van der Waals surface area contributed by atoms with Crippen molar-refractivity contribution >= 4 is 28.8 Å². The predicted octanol–water partition coefficient (Wildman–Crippen LogP) is 3.92. The molecule has 1 aliphatic rings. The molecule has 24 heavy (non-hydrogen) atoms. The molecule has 0 fully saturated rings. The Kier molecular flexibility index (Phi) is 3.90. The quantitative estimate of drug-likeness (QED) is 0.697. The summed E-state index contributed by atoms with van der Waals surface area (Å²) in [7, 11) is 1.91. The number of carbonyl (C=O) groups excluding carboxylic acids is 1. The van der Waals surface area contributed by atoms with E-state index < -0.39 is 0 Å². The van der Waals surface area contributed by atoms with Crippen LogP contribution in [0.25, 0.3) is 0 Å². The van der Waals surface area contributed by atoms with Gasteiger partial charge < -0.3 is 4.90 Å². The molecule has 0 saturated heterocycles. The standard InChI is InChI=1S/C18H16ClN3OS/c1-21-9-13(8-20-21)15-11-22(10-12-4-2-3-5-14(12)15)18(23)16-6-7-17(19)24-16/h2-9,15H,10-11H2,1H3/t15-/m1/s1. The summed E-state index contributed by atoms with van der Waals surface area (Å²) in [4.78, 5) is 15.5. The van der Waals surface area contributed by atoms with Gasteiger partial charge in [-0.15, -0.1) is 11.3 Å². The first-order chi connectivity index (χ1) is 11.6. The van der Waals surface area contributed by atoms with Crippen molar-refractivity contribution < 1.29 is 4.79 Å². The molecular formula is C18H16ClN3OS. The molecule has 1 aromatic carbocycles. The SMILES string of the molecule is Cn1cc([C@H]2CN(C(=O)c3ccc(Cl)s3)Cc3ccccc32)cn1. The summed E-state index contributed by atoms with van der Waals surface area (Å²) in [5.74, 6) is 0.179. The zero-order valence-electron chi connectivity index (χ0n) is 13.1. The number of hydrogen-bond acceptors (Lipinski definition) is 3. The van der Waals surface area contributed by atoms with Crippen LogP contribution in [0.5, 0.6) is 0 Å². The average molecular weight is 358 g/mol. The van der Waals surface area contributed by atoms with Gasteiger partial charge in [0.15, 0.2) is 0 Å². The molecule has 4 rings (SSSR count). The molecule has 1 atom stereocenters. The lowest BCUT2D eigenvalue weighted by molar-refractivity contribution is 0.0730. The van der Waals surface area contributed by atoms with Gasteiger partial charge in [0, 0.05) is 32.3 Å². The second-order valence-corrected chi connectivity index (χ2v) is 7.70. The Morgan fingerprint density at radius 2 is 2.12 bits per heavy atom. The first-order valence-corrected chi connectivity index (χ1v) is 8.92. The molecule has 1 aliphatic heterocycles. The fraction of sp³-hybridized carbons (Fsp3) is 0.222. The molecule has 0 aliphatic carbocycles. The van der Waals surface area contributed by atoms with Gasteiger partial charge in [-0.05, 0) is 28.8 Å². The molecule has 3 heterocycles. The maximum Gasteiger partial charge on any atom is 0.264 e. The smallest absolute Gasteiger partial charge is 0.264 e. The van der Waals surface area contributed by atoms with E-state index in [-0.39, 0.29) is 11.8 Å². The van der Waals surface area contributed by atoms with Crippen LogP contribution in [0, 0.1) is 0 Å². The number of rotatable bonds is 2. The number of aryl methyl sites for hydroxylation is 1. The minimum absolute atomic E-state index is 0.0373. The molecule has 6 heteroatoms. The van der Waals surface area contributed by atoms with Crippen LogP contribution in [0.3, 0.4) is 0 Å². The summed E-state index contributed by atoms with van der Waals surface area (Å²) < 4.78 is 2.44. The highest BCUT2D eigenvalue weighted by Crippen LogP contribution is 2.34. The Labute approximate surface area is 149 Å². The van der Waals surface area contributed by atoms with Crippen LogP contribution in [-0.4, -0.2) is 27.1 Å². The van der Waals surface area contributed by atoms with Crippen molar-refractivity contribution in [1.82, 2.24) is 14.7 Å². The van der Waals surface area contributed by atoms with Crippen LogP contribution < -0.4 is 0 Å². The van der Waals surface area contributed by atoms with Gasteiger partial charge in [-0.1, -0.05) is 35.9 Å². The number of nitrogens with zero attached hydrogens (tertiary/aromatic N) is 3. The van der Waals surface area contributed by atoms with Crippen LogP contribution in [0.15, 0.2) is 48.8 Å². The number of amides is 1. The first-order valence-electron chi connectivity index (χ1n) is 7.73. The lowest BCUT2D eigenvalue weighted by Gasteiger charge is -2.34. The molecule has 122 valence electrons. The van der Waals surface area contributed by atoms with Crippen molar-refractivity contribution in [3.63, 3.8) is 0 Å². The third-order valence-electron chi connectivity index (χ3n) is 4.39. The summed E-state index contributed by atoms with van der Waals surface area (Å²) in [6, 6.07) is 11.9. The van der Waals surface area contributed by atoms with Gasteiger partial charge in [0.25, 0.3) is 5.91 Å². The lowest BCUT2D eigenvalue weighted by Crippen LogP contribution is -2.38. The molecule has 2 aromatic heterocycles. The van der Waals surface area contributed by atoms with Gasteiger partial charge in [0.05, 0.1) is 15.4 Å². The van der Waals surface area contributed by atoms with Crippen molar-refractivity contribution in [2.45, 2.75) is 12.5 Å². The van der Waals surface area contributed by atoms with Crippen molar-refractivity contribution in [3.05, 3.63) is 74.7 Å². The summed E-state index contributed by atoms with van der Waals surface area (Å²) in [6.07, 6.45) is 3.91. The Bertz CT molecular complexity index is 901. The maximum atomic E-state index is 12.9. The molecule has 1 amide bonds. The Morgan fingerprint density at radius 1 is 1.29 bits per heavy atom. The minimum atomic E-state index is 0.0373. The zero-order valence-corrected chi connectivity index (χ0v) is 14.7. The fourth-order valence-corrected chi connectivity index (χ4v) is 4.26. The molecule has 0 N–H and O–H groups in total. The third kappa shape index (κ3) is 2.74. The molecule has 0 spiro atoms. The van der Waals surface area contributed by atoms with Crippen molar-refractivity contribution in [2.75, 3.05) is 6.54 Å². The first kappa shape index (κ1) is 15.4. The lowest BCUT2D eigenvalue weighted by atomic mass is 9.86. The van der Waals surface area contributed by atoms with Crippen molar-refractivity contribution in [1.29, 1.82) is 0 Å². The monoisotopic (exact) mass is 357 g/mol. The third-order valence-corrected chi connectivity index (χ3v) is 5.61. The highest BCUT2D eigenvalue weighted by Gasteiger charge is 2.30. The van der Waals surface area contributed by atoms with Crippen LogP contribution in [-0.2, 0) is 13.6 Å². The summed E-state index contributed by atoms with van der Waals surface area (Å²) in [5.41, 5.74) is 3.60. The van der Waals surface area contributed by atoms with Crippen molar-refractivity contribution in [2.24, 2.45) is 7.05 Å². The molecule has 0 saturated carbocycles. The van der Waals surface area contributed by atoms with E-state index in [1.807, 2.05) is 30.4 Å². The van der Waals surface area contributed by atoms with Crippen LogP contribution in [0.2, 0.25) is 4.34 Å². The van der Waals surface area contributed by atoms with Gasteiger partial charge in [-0.25, -0.2) is 0 Å². The number of carbonyl (C=O) groups is 1. The molecule has 0 bridgehead atoms. The largest absolute Gasteiger partial charge is 0.333 e. The Morgan fingerprint density at radius 3 is 2.83 bits per heavy atom. The van der Waals surface area contributed by atoms with Crippen molar-refractivity contribution in [3.8, 4) is 0 Å². The highest BCUT2D eigenvalue weighted by atomic mass is 35.5. The second kappa shape index (κ2) is 6.07. The number of thiophene rings is 1. The van der Waals surface area contributed by atoms with Gasteiger partial charge in [0.1, 0.15) is 0 Å². The zero-order chi connectivity index (χ0) is 16.7. The van der Waals surface area contributed by atoms with Gasteiger partial charge in [-0.3, -0.25) is 9.48 Å². The van der Waals surface area contributed by atoms with E-state index in [9.17, 15) is 4.79 Å². The van der Waals surface area contributed by atoms with E-state index in [0.29, 0.717) is 22.3 Å². The molecule has 4 nitrogen and oxygen atoms in total. The fourth-order valence-electron chi connectivity index (χ4n) is 3.25. The van der Waals surface area contributed by atoms with E-state index in [1.165, 1.54) is 22.5 Å². The minimum Gasteiger partial charge on any atom is -0.333 e. The molecule has 0 radical (unpaired) electrons. The Balaban J connectivity index is 1.71. The van der Waals surface area contributed by atoms with Crippen LogP contribution in [0.1, 0.15) is 32.3 Å². The van der Waals surface area contributed by atoms with Crippen LogP contribution >= 0.6 is 22.9 Å².